The van der Waals surface area contributed by atoms with E-state index in [2.05, 4.69) is 44.2 Å². The minimum Gasteiger partial charge on any atom is -0.293 e. The number of fused-ring (bicyclic) bond motifs is 2. The Morgan fingerprint density at radius 2 is 1.50 bits per heavy atom. The van der Waals surface area contributed by atoms with Gasteiger partial charge in [-0.3, -0.25) is 4.79 Å². The molecule has 1 heteroatoms. The van der Waals surface area contributed by atoms with Gasteiger partial charge < -0.3 is 0 Å². The van der Waals surface area contributed by atoms with Crippen LogP contribution in [0.3, 0.4) is 0 Å². The van der Waals surface area contributed by atoms with Gasteiger partial charge in [-0.15, -0.1) is 0 Å². The Kier molecular flexibility index (Phi) is 2.27. The van der Waals surface area contributed by atoms with Gasteiger partial charge in [0.1, 0.15) is 0 Å². The molecule has 2 aromatic rings. The largest absolute Gasteiger partial charge is 0.293 e. The van der Waals surface area contributed by atoms with Crippen molar-refractivity contribution in [3.8, 4) is 0 Å². The zero-order valence-corrected chi connectivity index (χ0v) is 11.9. The van der Waals surface area contributed by atoms with Crippen molar-refractivity contribution in [2.75, 3.05) is 0 Å². The van der Waals surface area contributed by atoms with Crippen LogP contribution in [0, 0.1) is 5.41 Å². The topological polar surface area (TPSA) is 17.1 Å². The molecular weight excluding hydrogens is 244 g/mol. The fourth-order valence-electron chi connectivity index (χ4n) is 4.47. The Labute approximate surface area is 119 Å². The van der Waals surface area contributed by atoms with Crippen LogP contribution < -0.4 is 0 Å². The molecule has 0 bridgehead atoms. The minimum absolute atomic E-state index is 0.257. The van der Waals surface area contributed by atoms with Gasteiger partial charge in [-0.2, -0.15) is 0 Å². The van der Waals surface area contributed by atoms with Crippen LogP contribution in [0.15, 0.2) is 48.5 Å². The summed E-state index contributed by atoms with van der Waals surface area (Å²) in [4.78, 5) is 13.1. The molecule has 0 radical (unpaired) electrons. The molecule has 0 fully saturated rings. The van der Waals surface area contributed by atoms with E-state index in [9.17, 15) is 4.79 Å². The van der Waals surface area contributed by atoms with Gasteiger partial charge in [-0.05, 0) is 34.9 Å². The third kappa shape index (κ3) is 1.21. The third-order valence-electron chi connectivity index (χ3n) is 5.64. The zero-order valence-electron chi connectivity index (χ0n) is 11.9. The summed E-state index contributed by atoms with van der Waals surface area (Å²) >= 11 is 0. The number of hydrogen-bond donors (Lipinski definition) is 0. The van der Waals surface area contributed by atoms with Gasteiger partial charge in [-0.25, -0.2) is 0 Å². The maximum absolute atomic E-state index is 13.1. The maximum atomic E-state index is 13.1. The molecule has 0 N–H and O–H groups in total. The van der Waals surface area contributed by atoms with Crippen LogP contribution in [-0.4, -0.2) is 5.78 Å². The van der Waals surface area contributed by atoms with Crippen molar-refractivity contribution >= 4 is 5.78 Å². The molecule has 0 unspecified atom stereocenters. The first-order chi connectivity index (χ1) is 9.66. The molecule has 0 aliphatic heterocycles. The molecule has 0 aromatic heterocycles. The second kappa shape index (κ2) is 3.82. The van der Waals surface area contributed by atoms with Crippen LogP contribution in [0.25, 0.3) is 0 Å². The Bertz CT molecular complexity index is 709. The zero-order chi connectivity index (χ0) is 13.9. The fraction of sp³-hybridized carbons (Fsp3) is 0.316. The maximum Gasteiger partial charge on any atom is 0.170 e. The fourth-order valence-corrected chi connectivity index (χ4v) is 4.47. The smallest absolute Gasteiger partial charge is 0.170 e. The number of ketones is 1. The normalized spacial score (nSPS) is 30.6. The van der Waals surface area contributed by atoms with Crippen molar-refractivity contribution in [1.29, 1.82) is 0 Å². The lowest BCUT2D eigenvalue weighted by Crippen LogP contribution is -2.34. The monoisotopic (exact) mass is 262 g/mol. The van der Waals surface area contributed by atoms with E-state index < -0.39 is 0 Å². The van der Waals surface area contributed by atoms with E-state index in [-0.39, 0.29) is 5.41 Å². The molecule has 0 amide bonds. The first-order valence-corrected chi connectivity index (χ1v) is 7.38. The molecule has 4 rings (SSSR count). The Morgan fingerprint density at radius 1 is 0.900 bits per heavy atom. The van der Waals surface area contributed by atoms with Crippen molar-refractivity contribution in [2.45, 2.75) is 32.1 Å². The Balaban J connectivity index is 1.92. The molecule has 20 heavy (non-hydrogen) atoms. The number of carbonyl (C=O) groups excluding carboxylic acids is 1. The number of benzene rings is 2. The van der Waals surface area contributed by atoms with Crippen LogP contribution in [0.5, 0.6) is 0 Å². The minimum atomic E-state index is -0.257. The van der Waals surface area contributed by atoms with E-state index in [0.717, 1.165) is 12.0 Å². The van der Waals surface area contributed by atoms with E-state index in [1.54, 1.807) is 0 Å². The molecule has 1 spiro atoms. The second-order valence-corrected chi connectivity index (χ2v) is 6.28. The summed E-state index contributed by atoms with van der Waals surface area (Å²) in [6, 6.07) is 16.7. The molecule has 100 valence electrons. The van der Waals surface area contributed by atoms with Gasteiger partial charge in [0.15, 0.2) is 5.78 Å². The van der Waals surface area contributed by atoms with E-state index in [0.29, 0.717) is 17.6 Å². The summed E-state index contributed by atoms with van der Waals surface area (Å²) in [6.07, 6.45) is 0.888. The summed E-state index contributed by atoms with van der Waals surface area (Å²) in [7, 11) is 0. The van der Waals surface area contributed by atoms with Crippen molar-refractivity contribution in [2.24, 2.45) is 5.41 Å². The van der Waals surface area contributed by atoms with E-state index in [4.69, 9.17) is 0 Å². The molecule has 3 atom stereocenters. The molecule has 0 saturated carbocycles. The standard InChI is InChI=1S/C19H18O/c1-12-15-8-4-3-7-14(15)11-19(12)13(2)16-9-5-6-10-17(16)18(19)20/h3-10,12-13H,11H2,1-2H3/t12-,13-,19+/m1/s1. The summed E-state index contributed by atoms with van der Waals surface area (Å²) in [5.41, 5.74) is 4.64. The summed E-state index contributed by atoms with van der Waals surface area (Å²) in [5.74, 6) is 0.950. The molecular formula is C19H18O. The first kappa shape index (κ1) is 11.9. The highest BCUT2D eigenvalue weighted by Crippen LogP contribution is 2.60. The van der Waals surface area contributed by atoms with Gasteiger partial charge in [0, 0.05) is 5.56 Å². The highest BCUT2D eigenvalue weighted by atomic mass is 16.1. The molecule has 0 heterocycles. The number of carbonyl (C=O) groups is 1. The van der Waals surface area contributed by atoms with Crippen molar-refractivity contribution in [3.63, 3.8) is 0 Å². The SMILES string of the molecule is C[C@@H]1c2ccccc2C[C@]12C(=O)c1ccccc1[C@H]2C. The first-order valence-electron chi connectivity index (χ1n) is 7.38. The molecule has 2 aliphatic rings. The van der Waals surface area contributed by atoms with Crippen molar-refractivity contribution in [3.05, 3.63) is 70.8 Å². The van der Waals surface area contributed by atoms with Gasteiger partial charge >= 0.3 is 0 Å². The molecule has 2 aliphatic carbocycles. The Morgan fingerprint density at radius 3 is 2.20 bits per heavy atom. The third-order valence-corrected chi connectivity index (χ3v) is 5.64. The number of rotatable bonds is 0. The highest BCUT2D eigenvalue weighted by Gasteiger charge is 2.57. The van der Waals surface area contributed by atoms with Crippen LogP contribution >= 0.6 is 0 Å². The average molecular weight is 262 g/mol. The lowest BCUT2D eigenvalue weighted by Gasteiger charge is -2.32. The van der Waals surface area contributed by atoms with Crippen molar-refractivity contribution in [1.82, 2.24) is 0 Å². The molecule has 0 saturated heterocycles. The van der Waals surface area contributed by atoms with Crippen LogP contribution in [0.4, 0.5) is 0 Å². The van der Waals surface area contributed by atoms with Gasteiger partial charge in [0.05, 0.1) is 5.41 Å². The lowest BCUT2D eigenvalue weighted by atomic mass is 9.68. The van der Waals surface area contributed by atoms with Gasteiger partial charge in [0.2, 0.25) is 0 Å². The van der Waals surface area contributed by atoms with Gasteiger partial charge in [0.25, 0.3) is 0 Å². The van der Waals surface area contributed by atoms with Gasteiger partial charge in [-0.1, -0.05) is 62.4 Å². The van der Waals surface area contributed by atoms with Crippen LogP contribution in [0.1, 0.15) is 52.7 Å². The quantitative estimate of drug-likeness (QED) is 0.690. The van der Waals surface area contributed by atoms with E-state index >= 15 is 0 Å². The van der Waals surface area contributed by atoms with Crippen LogP contribution in [0.2, 0.25) is 0 Å². The average Bonchev–Trinajstić information content (AvgIpc) is 2.90. The molecule has 1 nitrogen and oxygen atoms in total. The Hall–Kier alpha value is -1.89. The summed E-state index contributed by atoms with van der Waals surface area (Å²) in [6.45, 7) is 4.46. The highest BCUT2D eigenvalue weighted by molar-refractivity contribution is 6.07. The van der Waals surface area contributed by atoms with E-state index in [1.165, 1.54) is 16.7 Å². The predicted molar refractivity (Wildman–Crippen MR) is 80.2 cm³/mol. The van der Waals surface area contributed by atoms with Crippen molar-refractivity contribution < 1.29 is 4.79 Å². The summed E-state index contributed by atoms with van der Waals surface area (Å²) in [5, 5.41) is 0. The number of Topliss-reactive ketones (excluding diaryl/α,β-unsaturated/α-hetero) is 1. The second-order valence-electron chi connectivity index (χ2n) is 6.28. The molecule has 2 aromatic carbocycles. The lowest BCUT2D eigenvalue weighted by molar-refractivity contribution is 0.0765. The van der Waals surface area contributed by atoms with Crippen LogP contribution in [-0.2, 0) is 6.42 Å². The number of hydrogen-bond acceptors (Lipinski definition) is 1. The predicted octanol–water partition coefficient (Wildman–Crippen LogP) is 4.33. The van der Waals surface area contributed by atoms with E-state index in [1.807, 2.05) is 18.2 Å². The summed E-state index contributed by atoms with van der Waals surface area (Å²) < 4.78 is 0.